The van der Waals surface area contributed by atoms with Crippen LogP contribution in [0.3, 0.4) is 0 Å². The first-order valence-electron chi connectivity index (χ1n) is 4.89. The second kappa shape index (κ2) is 4.48. The SMILES string of the molecule is NC(N)=NCc1ccccc1-n1ccnc1. The molecule has 0 unspecified atom stereocenters. The number of aliphatic imine (C=N–C) groups is 1. The second-order valence-electron chi connectivity index (χ2n) is 3.34. The van der Waals surface area contributed by atoms with Gasteiger partial charge in [0.1, 0.15) is 0 Å². The number of nitrogens with two attached hydrogens (primary N) is 2. The van der Waals surface area contributed by atoms with Crippen LogP contribution in [0.2, 0.25) is 0 Å². The topological polar surface area (TPSA) is 82.2 Å². The minimum atomic E-state index is 0.0976. The molecule has 1 aromatic heterocycles. The third-order valence-electron chi connectivity index (χ3n) is 2.21. The summed E-state index contributed by atoms with van der Waals surface area (Å²) in [6.07, 6.45) is 5.36. The predicted molar refractivity (Wildman–Crippen MR) is 63.1 cm³/mol. The van der Waals surface area contributed by atoms with Crippen LogP contribution in [0, 0.1) is 0 Å². The van der Waals surface area contributed by atoms with Crippen molar-refractivity contribution in [1.29, 1.82) is 0 Å². The number of para-hydroxylation sites is 1. The lowest BCUT2D eigenvalue weighted by Gasteiger charge is -2.07. The van der Waals surface area contributed by atoms with E-state index in [9.17, 15) is 0 Å². The van der Waals surface area contributed by atoms with Gasteiger partial charge in [-0.15, -0.1) is 0 Å². The largest absolute Gasteiger partial charge is 0.370 e. The normalized spacial score (nSPS) is 10.0. The number of imidazole rings is 1. The summed E-state index contributed by atoms with van der Waals surface area (Å²) >= 11 is 0. The highest BCUT2D eigenvalue weighted by Crippen LogP contribution is 2.14. The predicted octanol–water partition coefficient (Wildman–Crippen LogP) is 0.646. The fourth-order valence-corrected chi connectivity index (χ4v) is 1.47. The Bertz CT molecular complexity index is 483. The Morgan fingerprint density at radius 3 is 2.81 bits per heavy atom. The zero-order valence-electron chi connectivity index (χ0n) is 8.74. The van der Waals surface area contributed by atoms with Gasteiger partial charge in [0.2, 0.25) is 0 Å². The summed E-state index contributed by atoms with van der Waals surface area (Å²) in [7, 11) is 0. The Kier molecular flexibility index (Phi) is 2.86. The molecule has 0 amide bonds. The molecule has 1 aromatic carbocycles. The van der Waals surface area contributed by atoms with Gasteiger partial charge in [0.05, 0.1) is 18.6 Å². The molecule has 5 nitrogen and oxygen atoms in total. The van der Waals surface area contributed by atoms with Gasteiger partial charge in [0, 0.05) is 12.4 Å². The van der Waals surface area contributed by atoms with Crippen molar-refractivity contribution in [3.8, 4) is 5.69 Å². The lowest BCUT2D eigenvalue weighted by Crippen LogP contribution is -2.22. The molecular weight excluding hydrogens is 202 g/mol. The summed E-state index contributed by atoms with van der Waals surface area (Å²) in [5.41, 5.74) is 12.7. The molecule has 0 bridgehead atoms. The van der Waals surface area contributed by atoms with E-state index in [0.717, 1.165) is 11.3 Å². The standard InChI is InChI=1S/C11H13N5/c12-11(13)15-7-9-3-1-2-4-10(9)16-6-5-14-8-16/h1-6,8H,7H2,(H4,12,13,15). The Labute approximate surface area is 93.4 Å². The summed E-state index contributed by atoms with van der Waals surface area (Å²) in [6, 6.07) is 7.91. The monoisotopic (exact) mass is 215 g/mol. The molecule has 0 aliphatic rings. The van der Waals surface area contributed by atoms with E-state index in [2.05, 4.69) is 9.98 Å². The van der Waals surface area contributed by atoms with Gasteiger partial charge in [-0.05, 0) is 11.6 Å². The van der Waals surface area contributed by atoms with E-state index >= 15 is 0 Å². The van der Waals surface area contributed by atoms with Crippen molar-refractivity contribution in [2.75, 3.05) is 0 Å². The van der Waals surface area contributed by atoms with Crippen molar-refractivity contribution >= 4 is 5.96 Å². The highest BCUT2D eigenvalue weighted by molar-refractivity contribution is 5.75. The fourth-order valence-electron chi connectivity index (χ4n) is 1.47. The summed E-state index contributed by atoms with van der Waals surface area (Å²) < 4.78 is 1.93. The molecule has 82 valence electrons. The fraction of sp³-hybridized carbons (Fsp3) is 0.0909. The number of guanidine groups is 1. The van der Waals surface area contributed by atoms with E-state index in [0.29, 0.717) is 6.54 Å². The highest BCUT2D eigenvalue weighted by Gasteiger charge is 2.02. The van der Waals surface area contributed by atoms with Crippen LogP contribution in [0.1, 0.15) is 5.56 Å². The van der Waals surface area contributed by atoms with E-state index in [1.165, 1.54) is 0 Å². The Morgan fingerprint density at radius 1 is 1.31 bits per heavy atom. The Balaban J connectivity index is 2.35. The van der Waals surface area contributed by atoms with E-state index < -0.39 is 0 Å². The molecule has 0 radical (unpaired) electrons. The molecule has 0 atom stereocenters. The number of aromatic nitrogens is 2. The maximum atomic E-state index is 5.32. The second-order valence-corrected chi connectivity index (χ2v) is 3.34. The maximum Gasteiger partial charge on any atom is 0.186 e. The van der Waals surface area contributed by atoms with E-state index in [-0.39, 0.29) is 5.96 Å². The van der Waals surface area contributed by atoms with Gasteiger partial charge >= 0.3 is 0 Å². The van der Waals surface area contributed by atoms with E-state index in [4.69, 9.17) is 11.5 Å². The zero-order chi connectivity index (χ0) is 11.4. The minimum absolute atomic E-state index is 0.0976. The van der Waals surface area contributed by atoms with Crippen LogP contribution in [-0.4, -0.2) is 15.5 Å². The number of nitrogens with zero attached hydrogens (tertiary/aromatic N) is 3. The number of benzene rings is 1. The first-order valence-corrected chi connectivity index (χ1v) is 4.89. The smallest absolute Gasteiger partial charge is 0.186 e. The summed E-state index contributed by atoms with van der Waals surface area (Å²) in [4.78, 5) is 8.02. The van der Waals surface area contributed by atoms with Gasteiger partial charge in [0.25, 0.3) is 0 Å². The number of rotatable bonds is 3. The van der Waals surface area contributed by atoms with Crippen molar-refractivity contribution in [2.24, 2.45) is 16.5 Å². The molecule has 4 N–H and O–H groups in total. The lowest BCUT2D eigenvalue weighted by atomic mass is 10.2. The molecule has 0 saturated heterocycles. The van der Waals surface area contributed by atoms with Gasteiger partial charge in [-0.3, -0.25) is 0 Å². The van der Waals surface area contributed by atoms with Gasteiger partial charge in [-0.2, -0.15) is 0 Å². The quantitative estimate of drug-likeness (QED) is 0.582. The van der Waals surface area contributed by atoms with Gasteiger partial charge in [0.15, 0.2) is 5.96 Å². The average Bonchev–Trinajstić information content (AvgIpc) is 2.80. The Morgan fingerprint density at radius 2 is 2.12 bits per heavy atom. The van der Waals surface area contributed by atoms with Crippen LogP contribution in [0.4, 0.5) is 0 Å². The Hall–Kier alpha value is -2.30. The molecule has 0 aliphatic carbocycles. The molecular formula is C11H13N5. The number of hydrogen-bond acceptors (Lipinski definition) is 2. The van der Waals surface area contributed by atoms with Crippen LogP contribution in [0.15, 0.2) is 48.0 Å². The molecule has 2 aromatic rings. The van der Waals surface area contributed by atoms with Crippen molar-refractivity contribution in [3.63, 3.8) is 0 Å². The molecule has 0 saturated carbocycles. The van der Waals surface area contributed by atoms with Crippen LogP contribution in [0.5, 0.6) is 0 Å². The van der Waals surface area contributed by atoms with Crippen LogP contribution < -0.4 is 11.5 Å². The first kappa shape index (κ1) is 10.2. The van der Waals surface area contributed by atoms with Crippen molar-refractivity contribution in [1.82, 2.24) is 9.55 Å². The summed E-state index contributed by atoms with van der Waals surface area (Å²) in [5.74, 6) is 0.0976. The lowest BCUT2D eigenvalue weighted by molar-refractivity contribution is 0.978. The third kappa shape index (κ3) is 2.20. The van der Waals surface area contributed by atoms with Crippen LogP contribution in [-0.2, 0) is 6.54 Å². The van der Waals surface area contributed by atoms with Gasteiger partial charge in [-0.1, -0.05) is 18.2 Å². The van der Waals surface area contributed by atoms with Gasteiger partial charge in [-0.25, -0.2) is 9.98 Å². The molecule has 5 heteroatoms. The minimum Gasteiger partial charge on any atom is -0.370 e. The molecule has 0 fully saturated rings. The summed E-state index contributed by atoms with van der Waals surface area (Å²) in [5, 5.41) is 0. The van der Waals surface area contributed by atoms with Crippen molar-refractivity contribution in [2.45, 2.75) is 6.54 Å². The van der Waals surface area contributed by atoms with E-state index in [1.807, 2.05) is 35.0 Å². The highest BCUT2D eigenvalue weighted by atomic mass is 15.0. The molecule has 0 spiro atoms. The molecule has 16 heavy (non-hydrogen) atoms. The van der Waals surface area contributed by atoms with Gasteiger partial charge < -0.3 is 16.0 Å². The van der Waals surface area contributed by atoms with E-state index in [1.54, 1.807) is 12.5 Å². The summed E-state index contributed by atoms with van der Waals surface area (Å²) in [6.45, 7) is 0.469. The van der Waals surface area contributed by atoms with Crippen molar-refractivity contribution in [3.05, 3.63) is 48.5 Å². The maximum absolute atomic E-state index is 5.32. The van der Waals surface area contributed by atoms with Crippen LogP contribution in [0.25, 0.3) is 5.69 Å². The van der Waals surface area contributed by atoms with Crippen LogP contribution >= 0.6 is 0 Å². The average molecular weight is 215 g/mol. The van der Waals surface area contributed by atoms with Crippen molar-refractivity contribution < 1.29 is 0 Å². The molecule has 0 aliphatic heterocycles. The third-order valence-corrected chi connectivity index (χ3v) is 2.21. The first-order chi connectivity index (χ1) is 7.77. The number of hydrogen-bond donors (Lipinski definition) is 2. The zero-order valence-corrected chi connectivity index (χ0v) is 8.74. The molecule has 1 heterocycles. The molecule has 2 rings (SSSR count).